The molecule has 0 aromatic heterocycles. The van der Waals surface area contributed by atoms with Gasteiger partial charge >= 0.3 is 23.3 Å². The average Bonchev–Trinajstić information content (AvgIpc) is 2.55. The fourth-order valence-corrected chi connectivity index (χ4v) is 3.32. The van der Waals surface area contributed by atoms with E-state index in [0.29, 0.717) is 17.4 Å². The summed E-state index contributed by atoms with van der Waals surface area (Å²) in [5, 5.41) is -4.28. The van der Waals surface area contributed by atoms with Gasteiger partial charge in [-0.2, -0.15) is 39.5 Å². The molecular formula is C14H25F9N2O6S2. The lowest BCUT2D eigenvalue weighted by Crippen LogP contribution is -2.63. The third kappa shape index (κ3) is 10.5. The van der Waals surface area contributed by atoms with Gasteiger partial charge in [0.1, 0.15) is 0 Å². The van der Waals surface area contributed by atoms with E-state index in [-0.39, 0.29) is 13.2 Å². The summed E-state index contributed by atoms with van der Waals surface area (Å²) in [6.45, 7) is 1.21. The van der Waals surface area contributed by atoms with Crippen molar-refractivity contribution >= 4 is 20.2 Å². The predicted octanol–water partition coefficient (Wildman–Crippen LogP) is 2.00. The van der Waals surface area contributed by atoms with Gasteiger partial charge in [-0.15, -0.1) is 0 Å². The molecule has 0 aliphatic carbocycles. The van der Waals surface area contributed by atoms with Crippen molar-refractivity contribution in [1.29, 1.82) is 0 Å². The van der Waals surface area contributed by atoms with Gasteiger partial charge in [0.2, 0.25) is 20.2 Å². The van der Waals surface area contributed by atoms with Crippen LogP contribution in [0.2, 0.25) is 0 Å². The quantitative estimate of drug-likeness (QED) is 0.130. The number of nitrogens with one attached hydrogen (secondary N) is 1. The van der Waals surface area contributed by atoms with E-state index in [1.165, 1.54) is 6.92 Å². The van der Waals surface area contributed by atoms with Crippen molar-refractivity contribution < 1.29 is 69.6 Å². The number of rotatable bonds is 12. The zero-order valence-corrected chi connectivity index (χ0v) is 19.5. The summed E-state index contributed by atoms with van der Waals surface area (Å²) in [6.07, 6.45) is -6.61. The van der Waals surface area contributed by atoms with Crippen LogP contribution in [0.1, 0.15) is 13.3 Å². The Hall–Kier alpha value is -0.890. The summed E-state index contributed by atoms with van der Waals surface area (Å²) in [7, 11) is -5.25. The summed E-state index contributed by atoms with van der Waals surface area (Å²) in [4.78, 5) is 0. The first-order valence-corrected chi connectivity index (χ1v) is 11.8. The second kappa shape index (κ2) is 11.7. The van der Waals surface area contributed by atoms with Gasteiger partial charge in [-0.05, 0) is 6.92 Å². The molecule has 0 rings (SSSR count). The highest BCUT2D eigenvalue weighted by Gasteiger charge is 2.84. The third-order valence-electron chi connectivity index (χ3n) is 3.50. The lowest BCUT2D eigenvalue weighted by molar-refractivity contribution is -0.870. The van der Waals surface area contributed by atoms with Crippen molar-refractivity contribution in [3.63, 3.8) is 0 Å². The Morgan fingerprint density at radius 3 is 1.61 bits per heavy atom. The first-order valence-electron chi connectivity index (χ1n) is 8.80. The van der Waals surface area contributed by atoms with Gasteiger partial charge in [0.25, 0.3) is 0 Å². The third-order valence-corrected chi connectivity index (χ3v) is 5.80. The Balaban J connectivity index is 0. The van der Waals surface area contributed by atoms with Crippen molar-refractivity contribution in [2.45, 2.75) is 36.6 Å². The molecule has 19 heteroatoms. The minimum Gasteiger partial charge on any atom is -0.726 e. The van der Waals surface area contributed by atoms with E-state index in [9.17, 15) is 60.9 Å². The number of hydrogen-bond acceptors (Lipinski definition) is 7. The summed E-state index contributed by atoms with van der Waals surface area (Å²) in [6, 6.07) is 0. The van der Waals surface area contributed by atoms with Crippen LogP contribution >= 0.6 is 0 Å². The van der Waals surface area contributed by atoms with E-state index in [0.717, 1.165) is 0 Å². The normalized spacial score (nSPS) is 14.6. The molecule has 0 unspecified atom stereocenters. The fourth-order valence-electron chi connectivity index (χ4n) is 1.84. The zero-order chi connectivity index (χ0) is 27.2. The molecule has 0 atom stereocenters. The Labute approximate surface area is 185 Å². The summed E-state index contributed by atoms with van der Waals surface area (Å²) in [5.74, 6) is -16.1. The molecular weight excluding hydrogens is 527 g/mol. The van der Waals surface area contributed by atoms with E-state index in [1.54, 1.807) is 0 Å². The Morgan fingerprint density at radius 2 is 1.30 bits per heavy atom. The first-order chi connectivity index (χ1) is 14.3. The van der Waals surface area contributed by atoms with Crippen LogP contribution in [0.4, 0.5) is 39.5 Å². The van der Waals surface area contributed by atoms with E-state index >= 15 is 0 Å². The summed E-state index contributed by atoms with van der Waals surface area (Å²) < 4.78 is 169. The van der Waals surface area contributed by atoms with Crippen LogP contribution in [0, 0.1) is 0 Å². The summed E-state index contributed by atoms with van der Waals surface area (Å²) in [5.41, 5.74) is 0. The van der Waals surface area contributed by atoms with Gasteiger partial charge in [0.05, 0.1) is 40.0 Å². The van der Waals surface area contributed by atoms with Crippen molar-refractivity contribution in [2.24, 2.45) is 0 Å². The van der Waals surface area contributed by atoms with Crippen molar-refractivity contribution in [3.05, 3.63) is 0 Å². The molecule has 0 aliphatic heterocycles. The molecule has 8 nitrogen and oxygen atoms in total. The fraction of sp³-hybridized carbons (Fsp3) is 1.00. The predicted molar refractivity (Wildman–Crippen MR) is 96.4 cm³/mol. The first kappa shape index (κ1) is 34.3. The molecule has 0 spiro atoms. The molecule has 202 valence electrons. The highest BCUT2D eigenvalue weighted by atomic mass is 32.3. The van der Waals surface area contributed by atoms with Gasteiger partial charge in [-0.1, -0.05) is 0 Å². The minimum absolute atomic E-state index is 0.0914. The molecule has 0 radical (unpaired) electrons. The molecule has 0 heterocycles. The molecule has 0 amide bonds. The highest BCUT2D eigenvalue weighted by Crippen LogP contribution is 2.54. The zero-order valence-electron chi connectivity index (χ0n) is 17.9. The molecule has 0 saturated heterocycles. The van der Waals surface area contributed by atoms with E-state index < -0.39 is 55.8 Å². The van der Waals surface area contributed by atoms with E-state index in [2.05, 4.69) is 9.50 Å². The lowest BCUT2D eigenvalue weighted by atomic mass is 10.1. The minimum atomic E-state index is -7.23. The number of hydrogen-bond donors (Lipinski definition) is 1. The Bertz CT molecular complexity index is 810. The number of quaternary nitrogens is 1. The maximum atomic E-state index is 13.4. The number of halogens is 9. The Kier molecular flexibility index (Phi) is 12.1. The molecule has 0 aromatic carbocycles. The monoisotopic (exact) mass is 552 g/mol. The van der Waals surface area contributed by atoms with Crippen molar-refractivity contribution in [3.8, 4) is 0 Å². The standard InChI is InChI=1S/C12H20F9N2O2S.C2H6O4S/c1-23(2,3)7-4-5-22-6-8-26(24,25)12(20,21)10(15,16)9(13,14)11(17,18)19;1-2-6-7(3,4)5/h22H,4-8H2,1-3H3;2H2,1H3,(H,3,4,5)/q+1;/p-1. The van der Waals surface area contributed by atoms with Gasteiger partial charge in [-0.3, -0.25) is 4.18 Å². The average molecular weight is 552 g/mol. The highest BCUT2D eigenvalue weighted by molar-refractivity contribution is 7.92. The maximum Gasteiger partial charge on any atom is 0.460 e. The smallest absolute Gasteiger partial charge is 0.460 e. The molecule has 0 aliphatic rings. The van der Waals surface area contributed by atoms with Crippen LogP contribution in [0.25, 0.3) is 0 Å². The van der Waals surface area contributed by atoms with Crippen LogP contribution in [0.3, 0.4) is 0 Å². The van der Waals surface area contributed by atoms with E-state index in [1.807, 2.05) is 21.1 Å². The van der Waals surface area contributed by atoms with Crippen LogP contribution < -0.4 is 5.32 Å². The SMILES string of the molecule is CCOS(=O)(=O)[O-].C[N+](C)(C)CCCNCCS(=O)(=O)C(F)(F)C(F)(F)C(F)(F)C(F)(F)F. The van der Waals surface area contributed by atoms with Crippen LogP contribution in [-0.4, -0.2) is 102 Å². The van der Waals surface area contributed by atoms with Gasteiger partial charge < -0.3 is 14.4 Å². The molecule has 0 saturated carbocycles. The van der Waals surface area contributed by atoms with Crippen LogP contribution in [-0.2, 0) is 24.4 Å². The van der Waals surface area contributed by atoms with Crippen LogP contribution in [0.15, 0.2) is 0 Å². The largest absolute Gasteiger partial charge is 0.726 e. The lowest BCUT2D eigenvalue weighted by Gasteiger charge is -2.33. The molecule has 33 heavy (non-hydrogen) atoms. The number of sulfone groups is 1. The van der Waals surface area contributed by atoms with E-state index in [4.69, 9.17) is 0 Å². The van der Waals surface area contributed by atoms with Gasteiger partial charge in [0.15, 0.2) is 0 Å². The summed E-state index contributed by atoms with van der Waals surface area (Å²) >= 11 is 0. The number of nitrogens with zero attached hydrogens (tertiary/aromatic N) is 1. The van der Waals surface area contributed by atoms with Crippen molar-refractivity contribution in [2.75, 3.05) is 53.1 Å². The van der Waals surface area contributed by atoms with Crippen molar-refractivity contribution in [1.82, 2.24) is 5.32 Å². The van der Waals surface area contributed by atoms with Gasteiger partial charge in [-0.25, -0.2) is 16.8 Å². The number of alkyl halides is 9. The Morgan fingerprint density at radius 1 is 0.848 bits per heavy atom. The maximum absolute atomic E-state index is 13.4. The molecule has 1 N–H and O–H groups in total. The topological polar surface area (TPSA) is 113 Å². The molecule has 0 fully saturated rings. The van der Waals surface area contributed by atoms with Crippen LogP contribution in [0.5, 0.6) is 0 Å². The second-order valence-electron chi connectivity index (χ2n) is 7.41. The van der Waals surface area contributed by atoms with Gasteiger partial charge in [0, 0.05) is 19.5 Å². The molecule has 0 aromatic rings. The molecule has 0 bridgehead atoms. The second-order valence-corrected chi connectivity index (χ2v) is 10.6.